The molecule has 2 nitrogen and oxygen atoms in total. The molecule has 0 aromatic heterocycles. The molecule has 1 rings (SSSR count). The van der Waals surface area contributed by atoms with Gasteiger partial charge in [0.05, 0.1) is 0 Å². The monoisotopic (exact) mass is 151 g/mol. The Labute approximate surface area is 54.7 Å². The molecule has 0 fully saturated rings. The lowest BCUT2D eigenvalue weighted by atomic mass is 10.3. The van der Waals surface area contributed by atoms with E-state index in [1.807, 2.05) is 0 Å². The van der Waals surface area contributed by atoms with Crippen molar-refractivity contribution in [1.82, 2.24) is 5.32 Å². The fourth-order valence-corrected chi connectivity index (χ4v) is 0.624. The first kappa shape index (κ1) is 7.11. The van der Waals surface area contributed by atoms with Gasteiger partial charge in [-0.1, -0.05) is 0 Å². The molecule has 1 amide bonds. The van der Waals surface area contributed by atoms with Crippen molar-refractivity contribution >= 4 is 5.91 Å². The minimum atomic E-state index is -4.36. The molecular formula is C5H4F3NO. The summed E-state index contributed by atoms with van der Waals surface area (Å²) in [5, 5.41) is 1.72. The maximum atomic E-state index is 11.7. The zero-order chi connectivity index (χ0) is 7.78. The van der Waals surface area contributed by atoms with E-state index < -0.39 is 18.1 Å². The van der Waals surface area contributed by atoms with Gasteiger partial charge >= 0.3 is 6.18 Å². The van der Waals surface area contributed by atoms with E-state index in [4.69, 9.17) is 0 Å². The molecule has 1 N–H and O–H groups in total. The van der Waals surface area contributed by atoms with Gasteiger partial charge in [0.15, 0.2) is 0 Å². The van der Waals surface area contributed by atoms with Crippen molar-refractivity contribution in [2.75, 3.05) is 0 Å². The van der Waals surface area contributed by atoms with Gasteiger partial charge in [-0.25, -0.2) is 0 Å². The summed E-state index contributed by atoms with van der Waals surface area (Å²) >= 11 is 0. The Hall–Kier alpha value is -1.00. The highest BCUT2D eigenvalue weighted by molar-refractivity contribution is 5.90. The van der Waals surface area contributed by atoms with E-state index >= 15 is 0 Å². The summed E-state index contributed by atoms with van der Waals surface area (Å²) in [5.41, 5.74) is 0. The number of hydrogen-bond acceptors (Lipinski definition) is 1. The Balaban J connectivity index is 2.63. The van der Waals surface area contributed by atoms with Crippen LogP contribution in [0.3, 0.4) is 0 Å². The molecule has 0 aliphatic carbocycles. The van der Waals surface area contributed by atoms with Gasteiger partial charge in [-0.05, 0) is 6.08 Å². The van der Waals surface area contributed by atoms with Gasteiger partial charge in [-0.3, -0.25) is 4.79 Å². The number of carbonyl (C=O) groups excluding carboxylic acids is 1. The van der Waals surface area contributed by atoms with Crippen LogP contribution in [0.1, 0.15) is 0 Å². The van der Waals surface area contributed by atoms with Crippen molar-refractivity contribution in [3.05, 3.63) is 12.2 Å². The van der Waals surface area contributed by atoms with E-state index in [0.717, 1.165) is 12.2 Å². The number of halogens is 3. The van der Waals surface area contributed by atoms with Crippen molar-refractivity contribution in [1.29, 1.82) is 0 Å². The minimum Gasteiger partial charge on any atom is -0.338 e. The van der Waals surface area contributed by atoms with Gasteiger partial charge in [-0.15, -0.1) is 0 Å². The normalized spacial score (nSPS) is 25.1. The number of alkyl halides is 3. The van der Waals surface area contributed by atoms with Gasteiger partial charge in [0.25, 0.3) is 0 Å². The van der Waals surface area contributed by atoms with Crippen LogP contribution in [0.25, 0.3) is 0 Å². The van der Waals surface area contributed by atoms with Crippen LogP contribution in [0.15, 0.2) is 12.2 Å². The van der Waals surface area contributed by atoms with Crippen molar-refractivity contribution in [2.45, 2.75) is 12.2 Å². The average molecular weight is 151 g/mol. The maximum Gasteiger partial charge on any atom is 0.412 e. The molecule has 0 saturated heterocycles. The Kier molecular flexibility index (Phi) is 1.42. The highest BCUT2D eigenvalue weighted by atomic mass is 19.4. The van der Waals surface area contributed by atoms with Crippen molar-refractivity contribution in [2.24, 2.45) is 0 Å². The lowest BCUT2D eigenvalue weighted by molar-refractivity contribution is -0.148. The lowest BCUT2D eigenvalue weighted by Gasteiger charge is -2.12. The summed E-state index contributed by atoms with van der Waals surface area (Å²) in [5.74, 6) is -0.692. The molecule has 0 bridgehead atoms. The fourth-order valence-electron chi connectivity index (χ4n) is 0.624. The van der Waals surface area contributed by atoms with E-state index in [2.05, 4.69) is 0 Å². The third-order valence-corrected chi connectivity index (χ3v) is 1.09. The van der Waals surface area contributed by atoms with E-state index in [0.29, 0.717) is 0 Å². The molecule has 10 heavy (non-hydrogen) atoms. The molecule has 1 aliphatic rings. The van der Waals surface area contributed by atoms with Gasteiger partial charge in [0, 0.05) is 6.08 Å². The second kappa shape index (κ2) is 2.00. The van der Waals surface area contributed by atoms with Crippen LogP contribution in [0.5, 0.6) is 0 Å². The molecule has 56 valence electrons. The van der Waals surface area contributed by atoms with E-state index in [9.17, 15) is 18.0 Å². The molecule has 1 heterocycles. The zero-order valence-corrected chi connectivity index (χ0v) is 4.77. The number of amides is 1. The van der Waals surface area contributed by atoms with Crippen LogP contribution >= 0.6 is 0 Å². The number of hydrogen-bond donors (Lipinski definition) is 1. The van der Waals surface area contributed by atoms with Crippen molar-refractivity contribution in [3.63, 3.8) is 0 Å². The van der Waals surface area contributed by atoms with Crippen LogP contribution in [-0.4, -0.2) is 18.1 Å². The first-order valence-electron chi connectivity index (χ1n) is 2.55. The first-order valence-corrected chi connectivity index (χ1v) is 2.55. The van der Waals surface area contributed by atoms with Gasteiger partial charge in [0.1, 0.15) is 6.04 Å². The van der Waals surface area contributed by atoms with Crippen LogP contribution in [-0.2, 0) is 4.79 Å². The molecule has 0 aromatic rings. The van der Waals surface area contributed by atoms with Crippen LogP contribution in [0, 0.1) is 0 Å². The van der Waals surface area contributed by atoms with Gasteiger partial charge in [-0.2, -0.15) is 13.2 Å². The highest BCUT2D eigenvalue weighted by Gasteiger charge is 2.40. The topological polar surface area (TPSA) is 29.1 Å². The molecule has 5 heteroatoms. The van der Waals surface area contributed by atoms with Gasteiger partial charge in [0.2, 0.25) is 5.91 Å². The molecule has 1 atom stereocenters. The van der Waals surface area contributed by atoms with E-state index in [-0.39, 0.29) is 0 Å². The Morgan fingerprint density at radius 2 is 2.10 bits per heavy atom. The van der Waals surface area contributed by atoms with E-state index in [1.54, 1.807) is 5.32 Å². The predicted octanol–water partition coefficient (Wildman–Crippen LogP) is 0.603. The third-order valence-electron chi connectivity index (χ3n) is 1.09. The van der Waals surface area contributed by atoms with Crippen molar-refractivity contribution in [3.8, 4) is 0 Å². The summed E-state index contributed by atoms with van der Waals surface area (Å²) in [7, 11) is 0. The number of nitrogens with one attached hydrogen (secondary N) is 1. The van der Waals surface area contributed by atoms with Crippen LogP contribution in [0.4, 0.5) is 13.2 Å². The number of rotatable bonds is 0. The van der Waals surface area contributed by atoms with E-state index in [1.165, 1.54) is 0 Å². The Morgan fingerprint density at radius 1 is 1.50 bits per heavy atom. The summed E-state index contributed by atoms with van der Waals surface area (Å²) in [6, 6.07) is -1.79. The van der Waals surface area contributed by atoms with Crippen molar-refractivity contribution < 1.29 is 18.0 Å². The summed E-state index contributed by atoms with van der Waals surface area (Å²) in [6.07, 6.45) is -2.69. The SMILES string of the molecule is O=C1C=CC(C(F)(F)F)N1. The summed E-state index contributed by atoms with van der Waals surface area (Å²) in [4.78, 5) is 10.2. The maximum absolute atomic E-state index is 11.7. The highest BCUT2D eigenvalue weighted by Crippen LogP contribution is 2.22. The molecule has 0 saturated carbocycles. The first-order chi connectivity index (χ1) is 4.50. The largest absolute Gasteiger partial charge is 0.412 e. The standard InChI is InChI=1S/C5H4F3NO/c6-5(7,8)3-1-2-4(10)9-3/h1-3H,(H,9,10). The van der Waals surface area contributed by atoms with Crippen LogP contribution in [0.2, 0.25) is 0 Å². The lowest BCUT2D eigenvalue weighted by Crippen LogP contribution is -2.39. The molecule has 1 aliphatic heterocycles. The van der Waals surface area contributed by atoms with Gasteiger partial charge < -0.3 is 5.32 Å². The fraction of sp³-hybridized carbons (Fsp3) is 0.400. The molecule has 0 radical (unpaired) electrons. The molecule has 0 spiro atoms. The second-order valence-corrected chi connectivity index (χ2v) is 1.89. The zero-order valence-electron chi connectivity index (χ0n) is 4.77. The summed E-state index contributed by atoms with van der Waals surface area (Å²) in [6.45, 7) is 0. The van der Waals surface area contributed by atoms with Crippen LogP contribution < -0.4 is 5.32 Å². The molecular weight excluding hydrogens is 147 g/mol. The summed E-state index contributed by atoms with van der Waals surface area (Å²) < 4.78 is 35.0. The average Bonchev–Trinajstić information content (AvgIpc) is 2.11. The Morgan fingerprint density at radius 3 is 2.30 bits per heavy atom. The molecule has 0 aromatic carbocycles. The third kappa shape index (κ3) is 1.29. The number of carbonyl (C=O) groups is 1. The second-order valence-electron chi connectivity index (χ2n) is 1.89. The predicted molar refractivity (Wildman–Crippen MR) is 27.1 cm³/mol. The minimum absolute atomic E-state index is 0.692. The smallest absolute Gasteiger partial charge is 0.338 e. The quantitative estimate of drug-likeness (QED) is 0.539. The molecule has 1 unspecified atom stereocenters. The Bertz CT molecular complexity index is 184.